The van der Waals surface area contributed by atoms with Crippen molar-refractivity contribution in [1.82, 2.24) is 9.88 Å². The molecule has 0 saturated carbocycles. The Bertz CT molecular complexity index is 425. The van der Waals surface area contributed by atoms with Crippen molar-refractivity contribution in [1.29, 1.82) is 0 Å². The number of rotatable bonds is 4. The van der Waals surface area contributed by atoms with Crippen molar-refractivity contribution in [3.05, 3.63) is 26.9 Å². The number of piperidine rings is 1. The first-order valence-corrected chi connectivity index (χ1v) is 8.46. The standard InChI is InChI=1S/C14H21Br2N3/c1-2-10-3-4-19(12(5-10)7-17)9-14-13(16)6-11(15)8-18-14/h6,8,10,12H,2-5,7,9,17H2,1H3. The highest BCUT2D eigenvalue weighted by atomic mass is 79.9. The second-order valence-electron chi connectivity index (χ2n) is 5.24. The first kappa shape index (κ1) is 15.4. The average molecular weight is 391 g/mol. The molecule has 106 valence electrons. The van der Waals surface area contributed by atoms with Gasteiger partial charge in [0.2, 0.25) is 0 Å². The van der Waals surface area contributed by atoms with Crippen LogP contribution in [0, 0.1) is 5.92 Å². The molecule has 5 heteroatoms. The normalized spacial score (nSPS) is 24.6. The average Bonchev–Trinajstić information content (AvgIpc) is 2.42. The number of halogens is 2. The molecular formula is C14H21Br2N3. The molecule has 1 aromatic heterocycles. The lowest BCUT2D eigenvalue weighted by molar-refractivity contribution is 0.106. The van der Waals surface area contributed by atoms with Crippen molar-refractivity contribution in [2.75, 3.05) is 13.1 Å². The maximum atomic E-state index is 5.95. The lowest BCUT2D eigenvalue weighted by atomic mass is 9.89. The third-order valence-corrected chi connectivity index (χ3v) is 5.15. The summed E-state index contributed by atoms with van der Waals surface area (Å²) in [6, 6.07) is 2.55. The third-order valence-electron chi connectivity index (χ3n) is 4.03. The van der Waals surface area contributed by atoms with Crippen LogP contribution in [0.4, 0.5) is 0 Å². The summed E-state index contributed by atoms with van der Waals surface area (Å²) in [7, 11) is 0. The van der Waals surface area contributed by atoms with E-state index in [-0.39, 0.29) is 0 Å². The van der Waals surface area contributed by atoms with E-state index in [2.05, 4.69) is 54.7 Å². The second-order valence-corrected chi connectivity index (χ2v) is 7.01. The molecule has 0 aliphatic carbocycles. The number of aromatic nitrogens is 1. The van der Waals surface area contributed by atoms with Crippen LogP contribution in [0.3, 0.4) is 0 Å². The largest absolute Gasteiger partial charge is 0.329 e. The maximum absolute atomic E-state index is 5.95. The lowest BCUT2D eigenvalue weighted by Crippen LogP contribution is -2.46. The van der Waals surface area contributed by atoms with Gasteiger partial charge in [-0.15, -0.1) is 0 Å². The predicted octanol–water partition coefficient (Wildman–Crippen LogP) is 3.56. The third kappa shape index (κ3) is 4.00. The fourth-order valence-corrected chi connectivity index (χ4v) is 3.87. The Kier molecular flexibility index (Phi) is 5.81. The fraction of sp³-hybridized carbons (Fsp3) is 0.643. The van der Waals surface area contributed by atoms with E-state index in [1.165, 1.54) is 19.3 Å². The zero-order valence-electron chi connectivity index (χ0n) is 11.3. The summed E-state index contributed by atoms with van der Waals surface area (Å²) < 4.78 is 2.07. The summed E-state index contributed by atoms with van der Waals surface area (Å²) >= 11 is 7.03. The minimum absolute atomic E-state index is 0.496. The Morgan fingerprint density at radius 2 is 2.26 bits per heavy atom. The topological polar surface area (TPSA) is 42.2 Å². The molecule has 2 N–H and O–H groups in total. The van der Waals surface area contributed by atoms with Gasteiger partial charge in [-0.2, -0.15) is 0 Å². The van der Waals surface area contributed by atoms with Crippen molar-refractivity contribution in [2.45, 2.75) is 38.8 Å². The van der Waals surface area contributed by atoms with Crippen molar-refractivity contribution in [2.24, 2.45) is 11.7 Å². The van der Waals surface area contributed by atoms with Gasteiger partial charge in [-0.25, -0.2) is 0 Å². The van der Waals surface area contributed by atoms with Crippen LogP contribution in [-0.2, 0) is 6.54 Å². The van der Waals surface area contributed by atoms with Crippen LogP contribution in [0.5, 0.6) is 0 Å². The van der Waals surface area contributed by atoms with E-state index in [4.69, 9.17) is 5.73 Å². The van der Waals surface area contributed by atoms with Crippen molar-refractivity contribution < 1.29 is 0 Å². The molecule has 0 aromatic carbocycles. The number of likely N-dealkylation sites (tertiary alicyclic amines) is 1. The van der Waals surface area contributed by atoms with Crippen LogP contribution in [0.25, 0.3) is 0 Å². The quantitative estimate of drug-likeness (QED) is 0.854. The van der Waals surface area contributed by atoms with Crippen molar-refractivity contribution in [3.63, 3.8) is 0 Å². The highest BCUT2D eigenvalue weighted by Crippen LogP contribution is 2.28. The molecule has 1 saturated heterocycles. The molecule has 0 spiro atoms. The fourth-order valence-electron chi connectivity index (χ4n) is 2.76. The van der Waals surface area contributed by atoms with Gasteiger partial charge in [0, 0.05) is 34.3 Å². The van der Waals surface area contributed by atoms with E-state index in [1.807, 2.05) is 6.20 Å². The van der Waals surface area contributed by atoms with Gasteiger partial charge in [0.05, 0.1) is 5.69 Å². The van der Waals surface area contributed by atoms with Gasteiger partial charge >= 0.3 is 0 Å². The molecule has 2 atom stereocenters. The Balaban J connectivity index is 2.05. The first-order chi connectivity index (χ1) is 9.13. The zero-order chi connectivity index (χ0) is 13.8. The minimum atomic E-state index is 0.496. The lowest BCUT2D eigenvalue weighted by Gasteiger charge is -2.38. The van der Waals surface area contributed by atoms with E-state index in [1.54, 1.807) is 0 Å². The Labute approximate surface area is 132 Å². The van der Waals surface area contributed by atoms with Gasteiger partial charge < -0.3 is 5.73 Å². The molecule has 3 nitrogen and oxygen atoms in total. The molecule has 2 heterocycles. The van der Waals surface area contributed by atoms with Gasteiger partial charge in [0.15, 0.2) is 0 Å². The van der Waals surface area contributed by atoms with E-state index in [9.17, 15) is 0 Å². The van der Waals surface area contributed by atoms with Crippen LogP contribution >= 0.6 is 31.9 Å². The Morgan fingerprint density at radius 3 is 2.89 bits per heavy atom. The smallest absolute Gasteiger partial charge is 0.0686 e. The van der Waals surface area contributed by atoms with Gasteiger partial charge in [-0.1, -0.05) is 13.3 Å². The Hall–Kier alpha value is 0.0300. The summed E-state index contributed by atoms with van der Waals surface area (Å²) in [6.07, 6.45) is 5.63. The first-order valence-electron chi connectivity index (χ1n) is 6.88. The molecule has 0 amide bonds. The summed E-state index contributed by atoms with van der Waals surface area (Å²) in [4.78, 5) is 6.98. The van der Waals surface area contributed by atoms with Crippen LogP contribution in [0.15, 0.2) is 21.2 Å². The van der Waals surface area contributed by atoms with Gasteiger partial charge in [-0.3, -0.25) is 9.88 Å². The van der Waals surface area contributed by atoms with E-state index in [0.717, 1.165) is 40.2 Å². The predicted molar refractivity (Wildman–Crippen MR) is 85.9 cm³/mol. The summed E-state index contributed by atoms with van der Waals surface area (Å²) in [6.45, 7) is 5.03. The van der Waals surface area contributed by atoms with Crippen molar-refractivity contribution >= 4 is 31.9 Å². The molecule has 1 aliphatic heterocycles. The highest BCUT2D eigenvalue weighted by Gasteiger charge is 2.27. The summed E-state index contributed by atoms with van der Waals surface area (Å²) in [5.41, 5.74) is 7.04. The molecule has 0 bridgehead atoms. The minimum Gasteiger partial charge on any atom is -0.329 e. The summed E-state index contributed by atoms with van der Waals surface area (Å²) in [5.74, 6) is 0.839. The van der Waals surface area contributed by atoms with E-state index in [0.29, 0.717) is 6.04 Å². The molecule has 1 fully saturated rings. The zero-order valence-corrected chi connectivity index (χ0v) is 14.5. The molecular weight excluding hydrogens is 370 g/mol. The molecule has 2 rings (SSSR count). The number of pyridine rings is 1. The number of nitrogens with two attached hydrogens (primary N) is 1. The van der Waals surface area contributed by atoms with Gasteiger partial charge in [-0.05, 0) is 63.2 Å². The number of hydrogen-bond acceptors (Lipinski definition) is 3. The molecule has 19 heavy (non-hydrogen) atoms. The molecule has 1 aromatic rings. The van der Waals surface area contributed by atoms with Crippen LogP contribution < -0.4 is 5.73 Å². The number of hydrogen-bond donors (Lipinski definition) is 1. The molecule has 2 unspecified atom stereocenters. The van der Waals surface area contributed by atoms with Gasteiger partial charge in [0.25, 0.3) is 0 Å². The molecule has 1 aliphatic rings. The number of nitrogens with zero attached hydrogens (tertiary/aromatic N) is 2. The Morgan fingerprint density at radius 1 is 1.47 bits per heavy atom. The van der Waals surface area contributed by atoms with E-state index >= 15 is 0 Å². The van der Waals surface area contributed by atoms with Gasteiger partial charge in [0.1, 0.15) is 0 Å². The molecule has 0 radical (unpaired) electrons. The van der Waals surface area contributed by atoms with Crippen LogP contribution in [0.2, 0.25) is 0 Å². The summed E-state index contributed by atoms with van der Waals surface area (Å²) in [5, 5.41) is 0. The van der Waals surface area contributed by atoms with Crippen LogP contribution in [-0.4, -0.2) is 29.0 Å². The van der Waals surface area contributed by atoms with E-state index < -0.39 is 0 Å². The SMILES string of the molecule is CCC1CCN(Cc2ncc(Br)cc2Br)C(CN)C1. The maximum Gasteiger partial charge on any atom is 0.0686 e. The van der Waals surface area contributed by atoms with Crippen LogP contribution in [0.1, 0.15) is 31.9 Å². The highest BCUT2D eigenvalue weighted by molar-refractivity contribution is 9.11. The monoisotopic (exact) mass is 389 g/mol. The second kappa shape index (κ2) is 7.16. The van der Waals surface area contributed by atoms with Crippen molar-refractivity contribution in [3.8, 4) is 0 Å².